The second-order valence-electron chi connectivity index (χ2n) is 7.18. The van der Waals surface area contributed by atoms with Crippen molar-refractivity contribution in [1.82, 2.24) is 10.3 Å². The van der Waals surface area contributed by atoms with E-state index in [0.29, 0.717) is 23.8 Å². The fourth-order valence-corrected chi connectivity index (χ4v) is 5.38. The Bertz CT molecular complexity index is 1310. The second kappa shape index (κ2) is 9.50. The number of sulfone groups is 1. The number of amides is 1. The molecule has 0 radical (unpaired) electrons. The van der Waals surface area contributed by atoms with Gasteiger partial charge in [-0.3, -0.25) is 9.78 Å². The van der Waals surface area contributed by atoms with E-state index in [1.807, 2.05) is 19.1 Å². The normalized spacial score (nSPS) is 11.4. The average molecular weight is 467 g/mol. The first-order valence-corrected chi connectivity index (χ1v) is 12.5. The van der Waals surface area contributed by atoms with Gasteiger partial charge in [0.25, 0.3) is 5.91 Å². The van der Waals surface area contributed by atoms with Crippen LogP contribution in [-0.2, 0) is 16.4 Å². The molecule has 0 atom stereocenters. The lowest BCUT2D eigenvalue weighted by molar-refractivity contribution is 0.0955. The van der Waals surface area contributed by atoms with Gasteiger partial charge in [-0.1, -0.05) is 25.1 Å². The quantitative estimate of drug-likeness (QED) is 0.401. The Morgan fingerprint density at radius 1 is 1.06 bits per heavy atom. The minimum Gasteiger partial charge on any atom is -0.494 e. The maximum Gasteiger partial charge on any atom is 0.261 e. The van der Waals surface area contributed by atoms with Crippen LogP contribution in [0.4, 0.5) is 0 Å². The van der Waals surface area contributed by atoms with E-state index in [4.69, 9.17) is 4.74 Å². The van der Waals surface area contributed by atoms with E-state index in [9.17, 15) is 13.2 Å². The Labute approximate surface area is 190 Å². The molecule has 164 valence electrons. The van der Waals surface area contributed by atoms with Crippen molar-refractivity contribution in [3.8, 4) is 5.75 Å². The molecule has 2 aromatic heterocycles. The van der Waals surface area contributed by atoms with Crippen molar-refractivity contribution in [2.75, 3.05) is 6.61 Å². The molecule has 1 amide bonds. The number of thiophene rings is 1. The van der Waals surface area contributed by atoms with Gasteiger partial charge in [-0.2, -0.15) is 0 Å². The third-order valence-electron chi connectivity index (χ3n) is 4.82. The number of nitrogens with zero attached hydrogens (tertiary/aromatic N) is 1. The predicted molar refractivity (Wildman–Crippen MR) is 125 cm³/mol. The fourth-order valence-electron chi connectivity index (χ4n) is 3.14. The Kier molecular flexibility index (Phi) is 6.53. The lowest BCUT2D eigenvalue weighted by Crippen LogP contribution is -2.21. The minimum absolute atomic E-state index is 0.174. The molecule has 4 rings (SSSR count). The van der Waals surface area contributed by atoms with Crippen LogP contribution >= 0.6 is 11.3 Å². The first-order chi connectivity index (χ1) is 15.5. The van der Waals surface area contributed by atoms with Gasteiger partial charge in [0, 0.05) is 18.9 Å². The van der Waals surface area contributed by atoms with Crippen molar-refractivity contribution in [2.24, 2.45) is 0 Å². The van der Waals surface area contributed by atoms with Crippen LogP contribution in [0.5, 0.6) is 5.75 Å². The zero-order valence-corrected chi connectivity index (χ0v) is 19.1. The number of hydrogen-bond acceptors (Lipinski definition) is 6. The molecule has 4 aromatic rings. The van der Waals surface area contributed by atoms with E-state index in [2.05, 4.69) is 10.3 Å². The molecular formula is C24H22N2O4S2. The minimum atomic E-state index is -3.66. The lowest BCUT2D eigenvalue weighted by Gasteiger charge is -2.09. The van der Waals surface area contributed by atoms with E-state index in [1.165, 1.54) is 11.3 Å². The van der Waals surface area contributed by atoms with E-state index in [1.54, 1.807) is 60.9 Å². The molecule has 0 aliphatic carbocycles. The van der Waals surface area contributed by atoms with Gasteiger partial charge in [0.1, 0.15) is 5.75 Å². The molecule has 0 bridgehead atoms. The Balaban J connectivity index is 1.44. The summed E-state index contributed by atoms with van der Waals surface area (Å²) in [7, 11) is -3.66. The zero-order chi connectivity index (χ0) is 22.6. The number of ether oxygens (including phenoxy) is 1. The zero-order valence-electron chi connectivity index (χ0n) is 17.4. The number of benzene rings is 2. The van der Waals surface area contributed by atoms with Crippen LogP contribution in [0.15, 0.2) is 82.8 Å². The van der Waals surface area contributed by atoms with Gasteiger partial charge >= 0.3 is 0 Å². The summed E-state index contributed by atoms with van der Waals surface area (Å²) in [4.78, 5) is 17.5. The monoisotopic (exact) mass is 466 g/mol. The summed E-state index contributed by atoms with van der Waals surface area (Å²) in [5, 5.41) is 3.86. The first kappa shape index (κ1) is 22.0. The number of aromatic nitrogens is 1. The molecule has 0 spiro atoms. The highest BCUT2D eigenvalue weighted by Crippen LogP contribution is 2.26. The van der Waals surface area contributed by atoms with Crippen LogP contribution < -0.4 is 10.1 Å². The number of carbonyl (C=O) groups is 1. The van der Waals surface area contributed by atoms with E-state index in [-0.39, 0.29) is 15.7 Å². The van der Waals surface area contributed by atoms with Crippen LogP contribution in [0.3, 0.4) is 0 Å². The third kappa shape index (κ3) is 4.81. The molecule has 2 aromatic carbocycles. The maximum absolute atomic E-state index is 13.0. The van der Waals surface area contributed by atoms with E-state index >= 15 is 0 Å². The van der Waals surface area contributed by atoms with Crippen LogP contribution in [0, 0.1) is 0 Å². The Morgan fingerprint density at radius 3 is 2.62 bits per heavy atom. The van der Waals surface area contributed by atoms with Crippen molar-refractivity contribution in [3.05, 3.63) is 83.5 Å². The summed E-state index contributed by atoms with van der Waals surface area (Å²) in [6.45, 7) is 2.82. The van der Waals surface area contributed by atoms with E-state index in [0.717, 1.165) is 22.1 Å². The number of nitrogens with one attached hydrogen (secondary N) is 1. The van der Waals surface area contributed by atoms with Gasteiger partial charge in [-0.05, 0) is 59.8 Å². The topological polar surface area (TPSA) is 85.4 Å². The summed E-state index contributed by atoms with van der Waals surface area (Å²) in [5.74, 6) is 0.357. The molecule has 8 heteroatoms. The van der Waals surface area contributed by atoms with Crippen molar-refractivity contribution in [3.63, 3.8) is 0 Å². The lowest BCUT2D eigenvalue weighted by atomic mass is 10.2. The molecular weight excluding hydrogens is 444 g/mol. The van der Waals surface area contributed by atoms with Gasteiger partial charge in [0.05, 0.1) is 26.0 Å². The standard InChI is InChI=1S/C24H22N2O4S2/c1-2-12-30-19-4-3-5-21(14-19)32(28,29)20-8-6-17(7-9-20)15-26-24(27)22-13-18-10-11-25-16-23(18)31-22/h3-11,13-14,16H,2,12,15H2,1H3,(H,26,27). The largest absolute Gasteiger partial charge is 0.494 e. The molecule has 0 unspecified atom stereocenters. The van der Waals surface area contributed by atoms with Crippen molar-refractivity contribution < 1.29 is 17.9 Å². The molecule has 0 saturated carbocycles. The van der Waals surface area contributed by atoms with Gasteiger partial charge in [0.2, 0.25) is 9.84 Å². The molecule has 0 fully saturated rings. The van der Waals surface area contributed by atoms with Gasteiger partial charge in [-0.15, -0.1) is 11.3 Å². The summed E-state index contributed by atoms with van der Waals surface area (Å²) in [6, 6.07) is 16.8. The number of fused-ring (bicyclic) bond motifs is 1. The summed E-state index contributed by atoms with van der Waals surface area (Å²) in [5.41, 5.74) is 0.806. The number of hydrogen-bond donors (Lipinski definition) is 1. The first-order valence-electron chi connectivity index (χ1n) is 10.2. The molecule has 2 heterocycles. The Morgan fingerprint density at radius 2 is 1.88 bits per heavy atom. The summed E-state index contributed by atoms with van der Waals surface area (Å²) < 4.78 is 32.5. The van der Waals surface area contributed by atoms with Crippen LogP contribution in [0.1, 0.15) is 28.6 Å². The summed E-state index contributed by atoms with van der Waals surface area (Å²) >= 11 is 1.39. The maximum atomic E-state index is 13.0. The third-order valence-corrected chi connectivity index (χ3v) is 7.67. The van der Waals surface area contributed by atoms with Crippen LogP contribution in [0.2, 0.25) is 0 Å². The highest BCUT2D eigenvalue weighted by atomic mass is 32.2. The molecule has 32 heavy (non-hydrogen) atoms. The number of rotatable bonds is 8. The molecule has 6 nitrogen and oxygen atoms in total. The number of carbonyl (C=O) groups excluding carboxylic acids is 1. The predicted octanol–water partition coefficient (Wildman–Crippen LogP) is 4.85. The second-order valence-corrected chi connectivity index (χ2v) is 10.2. The van der Waals surface area contributed by atoms with Crippen molar-refractivity contribution in [1.29, 1.82) is 0 Å². The molecule has 0 saturated heterocycles. The van der Waals surface area contributed by atoms with Crippen molar-refractivity contribution in [2.45, 2.75) is 29.7 Å². The highest BCUT2D eigenvalue weighted by molar-refractivity contribution is 7.91. The van der Waals surface area contributed by atoms with Gasteiger partial charge in [-0.25, -0.2) is 8.42 Å². The van der Waals surface area contributed by atoms with Crippen molar-refractivity contribution >= 4 is 37.2 Å². The van der Waals surface area contributed by atoms with Gasteiger partial charge in [0.15, 0.2) is 0 Å². The van der Waals surface area contributed by atoms with Gasteiger partial charge < -0.3 is 10.1 Å². The Hall–Kier alpha value is -3.23. The van der Waals surface area contributed by atoms with Crippen LogP contribution in [0.25, 0.3) is 10.1 Å². The number of pyridine rings is 1. The highest BCUT2D eigenvalue weighted by Gasteiger charge is 2.18. The molecule has 1 N–H and O–H groups in total. The van der Waals surface area contributed by atoms with E-state index < -0.39 is 9.84 Å². The van der Waals surface area contributed by atoms with Crippen LogP contribution in [-0.4, -0.2) is 25.9 Å². The average Bonchev–Trinajstić information content (AvgIpc) is 3.26. The summed E-state index contributed by atoms with van der Waals surface area (Å²) in [6.07, 6.45) is 4.28. The molecule has 0 aliphatic heterocycles. The fraction of sp³-hybridized carbons (Fsp3) is 0.167. The smallest absolute Gasteiger partial charge is 0.261 e. The SMILES string of the molecule is CCCOc1cccc(S(=O)(=O)c2ccc(CNC(=O)c3cc4ccncc4s3)cc2)c1. The molecule has 0 aliphatic rings.